The van der Waals surface area contributed by atoms with Gasteiger partial charge in [-0.2, -0.15) is 0 Å². The standard InChI is InChI=1S/C43H67N7O8S/c1-9-11-12-15-22-57-50(43(56)38(28(5)10-2)47-41(55)35-16-13-14-21-49(35)8)36(27(3)4)25-37(58-30(7)51)42-46-34(26-59-42)40(54)45-32(23-29(6)39(53)48-44)24-31-17-19-33(52)20-18-31/h17-20,26,28-29,32,35-38,52H,3,9-16,21-25,44H2,1-2,4-8H3,(H,45,54)(H,47,55)(H,48,53)/t28-,29-,32+,35+,36+,37+,38-/m0/s1. The number of carbonyl (C=O) groups is 5. The molecule has 7 atom stereocenters. The number of hydrazine groups is 1. The molecule has 328 valence electrons. The number of piperidine rings is 1. The number of benzene rings is 1. The summed E-state index contributed by atoms with van der Waals surface area (Å²) in [4.78, 5) is 80.0. The molecule has 0 aliphatic carbocycles. The molecule has 1 aromatic heterocycles. The van der Waals surface area contributed by atoms with Crippen LogP contribution in [0, 0.1) is 11.8 Å². The molecule has 1 aromatic carbocycles. The minimum absolute atomic E-state index is 0.0198. The lowest BCUT2D eigenvalue weighted by Crippen LogP contribution is -2.58. The molecule has 1 fully saturated rings. The molecule has 0 radical (unpaired) electrons. The average Bonchev–Trinajstić information content (AvgIpc) is 3.71. The number of nitrogens with two attached hydrogens (primary N) is 1. The van der Waals surface area contributed by atoms with E-state index in [1.807, 2.05) is 25.8 Å². The first-order valence-corrected chi connectivity index (χ1v) is 21.8. The molecule has 0 spiro atoms. The number of nitrogens with one attached hydrogen (secondary N) is 3. The number of rotatable bonds is 24. The van der Waals surface area contributed by atoms with Crippen molar-refractivity contribution in [2.45, 2.75) is 142 Å². The van der Waals surface area contributed by atoms with Crippen LogP contribution < -0.4 is 21.9 Å². The van der Waals surface area contributed by atoms with Gasteiger partial charge in [-0.15, -0.1) is 11.3 Å². The number of likely N-dealkylation sites (tertiary alicyclic amines) is 1. The van der Waals surface area contributed by atoms with Gasteiger partial charge in [0.1, 0.15) is 22.5 Å². The summed E-state index contributed by atoms with van der Waals surface area (Å²) in [5, 5.41) is 19.0. The van der Waals surface area contributed by atoms with E-state index in [9.17, 15) is 29.1 Å². The molecule has 1 aliphatic rings. The molecule has 0 unspecified atom stereocenters. The van der Waals surface area contributed by atoms with Crippen molar-refractivity contribution in [3.8, 4) is 5.75 Å². The number of hydroxylamine groups is 2. The van der Waals surface area contributed by atoms with E-state index >= 15 is 0 Å². The second-order valence-corrected chi connectivity index (χ2v) is 16.8. The number of hydrogen-bond acceptors (Lipinski definition) is 12. The molecule has 4 amide bonds. The number of ether oxygens (including phenoxy) is 1. The maximum Gasteiger partial charge on any atom is 0.303 e. The molecule has 1 saturated heterocycles. The van der Waals surface area contributed by atoms with Crippen molar-refractivity contribution in [3.63, 3.8) is 0 Å². The van der Waals surface area contributed by atoms with Gasteiger partial charge in [0.25, 0.3) is 11.8 Å². The molecule has 0 saturated carbocycles. The number of carbonyl (C=O) groups excluding carboxylic acids is 5. The summed E-state index contributed by atoms with van der Waals surface area (Å²) in [6.45, 7) is 16.0. The number of amides is 4. The van der Waals surface area contributed by atoms with Crippen LogP contribution in [0.25, 0.3) is 0 Å². The normalized spacial score (nSPS) is 17.4. The molecule has 59 heavy (non-hydrogen) atoms. The van der Waals surface area contributed by atoms with Gasteiger partial charge in [-0.25, -0.2) is 15.9 Å². The van der Waals surface area contributed by atoms with Gasteiger partial charge < -0.3 is 20.5 Å². The van der Waals surface area contributed by atoms with Crippen molar-refractivity contribution in [1.29, 1.82) is 0 Å². The molecule has 2 heterocycles. The first-order chi connectivity index (χ1) is 28.1. The van der Waals surface area contributed by atoms with Gasteiger partial charge in [0.15, 0.2) is 6.10 Å². The maximum atomic E-state index is 14.7. The van der Waals surface area contributed by atoms with E-state index in [1.54, 1.807) is 43.5 Å². The van der Waals surface area contributed by atoms with Crippen molar-refractivity contribution in [2.75, 3.05) is 20.2 Å². The molecular weight excluding hydrogens is 775 g/mol. The lowest BCUT2D eigenvalue weighted by molar-refractivity contribution is -0.204. The van der Waals surface area contributed by atoms with Crippen LogP contribution in [0.5, 0.6) is 5.75 Å². The fourth-order valence-corrected chi connectivity index (χ4v) is 8.00. The number of aromatic nitrogens is 1. The van der Waals surface area contributed by atoms with Crippen molar-refractivity contribution in [2.24, 2.45) is 17.7 Å². The Bertz CT molecular complexity index is 1690. The van der Waals surface area contributed by atoms with Gasteiger partial charge in [0, 0.05) is 30.7 Å². The number of aromatic hydroxyl groups is 1. The lowest BCUT2D eigenvalue weighted by Gasteiger charge is -2.38. The predicted octanol–water partition coefficient (Wildman–Crippen LogP) is 5.50. The van der Waals surface area contributed by atoms with Crippen LogP contribution >= 0.6 is 11.3 Å². The number of unbranched alkanes of at least 4 members (excludes halogenated alkanes) is 3. The van der Waals surface area contributed by atoms with Gasteiger partial charge in [-0.1, -0.05) is 84.1 Å². The number of hydrogen-bond donors (Lipinski definition) is 5. The third-order valence-electron chi connectivity index (χ3n) is 10.9. The summed E-state index contributed by atoms with van der Waals surface area (Å²) in [5.41, 5.74) is 3.63. The van der Waals surface area contributed by atoms with Crippen molar-refractivity contribution >= 4 is 40.9 Å². The molecule has 6 N–H and O–H groups in total. The minimum Gasteiger partial charge on any atom is -0.508 e. The van der Waals surface area contributed by atoms with Crippen LogP contribution in [0.1, 0.15) is 133 Å². The monoisotopic (exact) mass is 841 g/mol. The Balaban J connectivity index is 1.93. The van der Waals surface area contributed by atoms with Crippen molar-refractivity contribution in [3.05, 3.63) is 58.1 Å². The zero-order chi connectivity index (χ0) is 43.6. The topological polar surface area (TPSA) is 206 Å². The second-order valence-electron chi connectivity index (χ2n) is 15.9. The van der Waals surface area contributed by atoms with Crippen LogP contribution in [0.15, 0.2) is 41.8 Å². The Kier molecular flexibility index (Phi) is 20.5. The number of phenols is 1. The third kappa shape index (κ3) is 15.3. The van der Waals surface area contributed by atoms with Gasteiger partial charge in [-0.05, 0) is 76.2 Å². The highest BCUT2D eigenvalue weighted by atomic mass is 32.1. The average molecular weight is 842 g/mol. The molecule has 3 rings (SSSR count). The van der Waals surface area contributed by atoms with Crippen LogP contribution in [-0.4, -0.2) is 94.0 Å². The van der Waals surface area contributed by atoms with Crippen LogP contribution in [0.2, 0.25) is 0 Å². The van der Waals surface area contributed by atoms with E-state index in [1.165, 1.54) is 12.0 Å². The van der Waals surface area contributed by atoms with Crippen LogP contribution in [0.3, 0.4) is 0 Å². The fraction of sp³-hybridized carbons (Fsp3) is 0.628. The van der Waals surface area contributed by atoms with Crippen molar-refractivity contribution in [1.82, 2.24) is 31.0 Å². The minimum atomic E-state index is -0.992. The van der Waals surface area contributed by atoms with E-state index in [0.29, 0.717) is 36.3 Å². The Morgan fingerprint density at radius 1 is 1.05 bits per heavy atom. The third-order valence-corrected chi connectivity index (χ3v) is 11.8. The van der Waals surface area contributed by atoms with E-state index in [2.05, 4.69) is 34.5 Å². The zero-order valence-corrected chi connectivity index (χ0v) is 36.8. The van der Waals surface area contributed by atoms with Crippen LogP contribution in [0.4, 0.5) is 0 Å². The van der Waals surface area contributed by atoms with Crippen LogP contribution in [-0.2, 0) is 35.2 Å². The maximum absolute atomic E-state index is 14.7. The molecular formula is C43H67N7O8S. The Labute approximate surface area is 353 Å². The van der Waals surface area contributed by atoms with Gasteiger partial charge in [-0.3, -0.25) is 39.1 Å². The second kappa shape index (κ2) is 24.6. The number of likely N-dealkylation sites (N-methyl/N-ethyl adjacent to an activating group) is 1. The largest absolute Gasteiger partial charge is 0.508 e. The first-order valence-electron chi connectivity index (χ1n) is 20.9. The van der Waals surface area contributed by atoms with E-state index in [4.69, 9.17) is 15.4 Å². The van der Waals surface area contributed by atoms with Crippen molar-refractivity contribution < 1.29 is 38.7 Å². The van der Waals surface area contributed by atoms with Gasteiger partial charge >= 0.3 is 5.97 Å². The fourth-order valence-electron chi connectivity index (χ4n) is 7.16. The van der Waals surface area contributed by atoms with Gasteiger partial charge in [0.2, 0.25) is 11.8 Å². The molecule has 16 heteroatoms. The van der Waals surface area contributed by atoms with Gasteiger partial charge in [0.05, 0.1) is 18.7 Å². The predicted molar refractivity (Wildman–Crippen MR) is 228 cm³/mol. The molecule has 0 bridgehead atoms. The van der Waals surface area contributed by atoms with E-state index in [-0.39, 0.29) is 54.7 Å². The smallest absolute Gasteiger partial charge is 0.303 e. The Morgan fingerprint density at radius 2 is 1.76 bits per heavy atom. The summed E-state index contributed by atoms with van der Waals surface area (Å²) < 4.78 is 5.83. The SMILES string of the molecule is C=C(C)[C@@H](C[C@@H](OC(C)=O)c1nc(C(=O)N[C@@H](Cc2ccc(O)cc2)C[C@H](C)C(=O)NN)cs1)N(OCCCCCC)C(=O)[C@@H](NC(=O)[C@H]1CCCCN1C)[C@@H](C)CC. The summed E-state index contributed by atoms with van der Waals surface area (Å²) in [5.74, 6) is 2.64. The Morgan fingerprint density at radius 3 is 2.37 bits per heavy atom. The summed E-state index contributed by atoms with van der Waals surface area (Å²) in [7, 11) is 1.93. The first kappa shape index (κ1) is 49.0. The number of thiazole rings is 1. The quantitative estimate of drug-likeness (QED) is 0.0223. The number of nitrogens with zero attached hydrogens (tertiary/aromatic N) is 3. The molecule has 1 aliphatic heterocycles. The summed E-state index contributed by atoms with van der Waals surface area (Å²) >= 11 is 1.13. The van der Waals surface area contributed by atoms with E-state index in [0.717, 1.165) is 55.5 Å². The highest BCUT2D eigenvalue weighted by Gasteiger charge is 2.39. The summed E-state index contributed by atoms with van der Waals surface area (Å²) in [6, 6.07) is 4.03. The zero-order valence-electron chi connectivity index (χ0n) is 36.0. The molecule has 2 aromatic rings. The highest BCUT2D eigenvalue weighted by molar-refractivity contribution is 7.09. The Hall–Kier alpha value is -4.38. The highest BCUT2D eigenvalue weighted by Crippen LogP contribution is 2.32. The molecule has 15 nitrogen and oxygen atoms in total. The number of phenolic OH excluding ortho intramolecular Hbond substituents is 1. The van der Waals surface area contributed by atoms with E-state index < -0.39 is 47.9 Å². The number of esters is 1. The summed E-state index contributed by atoms with van der Waals surface area (Å²) in [6.07, 6.45) is 6.57. The lowest BCUT2D eigenvalue weighted by atomic mass is 9.95.